The molecule has 4 N–H and O–H groups in total. The van der Waals surface area contributed by atoms with Gasteiger partial charge in [-0.05, 0) is 54.6 Å². The molecule has 0 aliphatic carbocycles. The third kappa shape index (κ3) is 3.90. The average Bonchev–Trinajstić information content (AvgIpc) is 2.55. The van der Waals surface area contributed by atoms with Crippen molar-refractivity contribution in [2.45, 2.75) is 19.6 Å². The number of phenols is 4. The van der Waals surface area contributed by atoms with Crippen molar-refractivity contribution in [1.82, 2.24) is 0 Å². The van der Waals surface area contributed by atoms with E-state index in [1.54, 1.807) is 0 Å². The van der Waals surface area contributed by atoms with E-state index in [2.05, 4.69) is 0 Å². The molecule has 0 bridgehead atoms. The molecule has 0 saturated heterocycles. The van der Waals surface area contributed by atoms with Crippen molar-refractivity contribution < 1.29 is 20.4 Å². The lowest BCUT2D eigenvalue weighted by Gasteiger charge is -2.08. The van der Waals surface area contributed by atoms with Gasteiger partial charge in [0.2, 0.25) is 0 Å². The molecule has 0 saturated carbocycles. The van der Waals surface area contributed by atoms with Crippen LogP contribution in [-0.4, -0.2) is 20.4 Å². The largest absolute Gasteiger partial charge is 0.508 e. The molecule has 3 rings (SSSR count). The standard InChI is InChI=1S/C18H14O4S2/c19-11-4-6-15(21)17(8-11)23-13-2-1-3-14(10-13)24-18-9-12(20)5-7-16(18)22/h1-10,19-22H. The summed E-state index contributed by atoms with van der Waals surface area (Å²) in [6.07, 6.45) is 0. The normalized spacial score (nSPS) is 10.7. The fourth-order valence-electron chi connectivity index (χ4n) is 2.02. The molecule has 0 amide bonds. The minimum Gasteiger partial charge on any atom is -0.508 e. The number of phenolic OH excluding ortho intramolecular Hbond substituents is 4. The van der Waals surface area contributed by atoms with Crippen LogP contribution < -0.4 is 0 Å². The van der Waals surface area contributed by atoms with Crippen LogP contribution in [0.1, 0.15) is 0 Å². The van der Waals surface area contributed by atoms with Crippen molar-refractivity contribution in [1.29, 1.82) is 0 Å². The van der Waals surface area contributed by atoms with Crippen LogP contribution in [0.5, 0.6) is 23.0 Å². The molecule has 24 heavy (non-hydrogen) atoms. The lowest BCUT2D eigenvalue weighted by molar-refractivity contribution is 0.448. The van der Waals surface area contributed by atoms with Gasteiger partial charge in [0.25, 0.3) is 0 Å². The minimum atomic E-state index is 0.0884. The van der Waals surface area contributed by atoms with Crippen molar-refractivity contribution >= 4 is 23.5 Å². The summed E-state index contributed by atoms with van der Waals surface area (Å²) in [7, 11) is 0. The highest BCUT2D eigenvalue weighted by atomic mass is 32.2. The van der Waals surface area contributed by atoms with Gasteiger partial charge in [-0.1, -0.05) is 29.6 Å². The maximum Gasteiger partial charge on any atom is 0.129 e. The van der Waals surface area contributed by atoms with Crippen LogP contribution in [-0.2, 0) is 0 Å². The van der Waals surface area contributed by atoms with Crippen molar-refractivity contribution in [2.24, 2.45) is 0 Å². The van der Waals surface area contributed by atoms with E-state index in [0.717, 1.165) is 9.79 Å². The van der Waals surface area contributed by atoms with E-state index in [9.17, 15) is 20.4 Å². The molecule has 0 heterocycles. The lowest BCUT2D eigenvalue weighted by atomic mass is 10.3. The van der Waals surface area contributed by atoms with Crippen LogP contribution in [0.15, 0.2) is 80.2 Å². The zero-order valence-electron chi connectivity index (χ0n) is 12.4. The molecule has 0 fully saturated rings. The van der Waals surface area contributed by atoms with Crippen molar-refractivity contribution in [3.8, 4) is 23.0 Å². The fraction of sp³-hybridized carbons (Fsp3) is 0. The number of aromatic hydroxyl groups is 4. The van der Waals surface area contributed by atoms with Gasteiger partial charge in [0.05, 0.1) is 9.79 Å². The number of rotatable bonds is 4. The predicted molar refractivity (Wildman–Crippen MR) is 94.2 cm³/mol. The fourth-order valence-corrected chi connectivity index (χ4v) is 3.98. The van der Waals surface area contributed by atoms with Gasteiger partial charge in [-0.2, -0.15) is 0 Å². The van der Waals surface area contributed by atoms with Gasteiger partial charge < -0.3 is 20.4 Å². The number of benzene rings is 3. The quantitative estimate of drug-likeness (QED) is 0.501. The van der Waals surface area contributed by atoms with Gasteiger partial charge in [-0.15, -0.1) is 0 Å². The molecular weight excluding hydrogens is 344 g/mol. The Morgan fingerprint density at radius 2 is 1.00 bits per heavy atom. The molecule has 4 nitrogen and oxygen atoms in total. The molecule has 0 aliphatic rings. The Labute approximate surface area is 147 Å². The van der Waals surface area contributed by atoms with Gasteiger partial charge in [0, 0.05) is 9.79 Å². The molecule has 122 valence electrons. The van der Waals surface area contributed by atoms with Crippen molar-refractivity contribution in [3.63, 3.8) is 0 Å². The highest BCUT2D eigenvalue weighted by Crippen LogP contribution is 2.40. The number of hydrogen-bond donors (Lipinski definition) is 4. The van der Waals surface area contributed by atoms with Crippen LogP contribution in [0.25, 0.3) is 0 Å². The zero-order valence-corrected chi connectivity index (χ0v) is 14.0. The first-order chi connectivity index (χ1) is 11.5. The van der Waals surface area contributed by atoms with E-state index < -0.39 is 0 Å². The second-order valence-electron chi connectivity index (χ2n) is 4.98. The molecule has 0 atom stereocenters. The Morgan fingerprint density at radius 3 is 1.46 bits per heavy atom. The maximum atomic E-state index is 9.87. The van der Waals surface area contributed by atoms with E-state index >= 15 is 0 Å². The Balaban J connectivity index is 1.84. The summed E-state index contributed by atoms with van der Waals surface area (Å²) in [6.45, 7) is 0. The lowest BCUT2D eigenvalue weighted by Crippen LogP contribution is -1.79. The van der Waals surface area contributed by atoms with Gasteiger partial charge in [-0.25, -0.2) is 0 Å². The number of hydrogen-bond acceptors (Lipinski definition) is 6. The molecule has 0 radical (unpaired) electrons. The summed E-state index contributed by atoms with van der Waals surface area (Å²) in [5.41, 5.74) is 0. The van der Waals surface area contributed by atoms with Crippen LogP contribution in [0.4, 0.5) is 0 Å². The summed E-state index contributed by atoms with van der Waals surface area (Å²) < 4.78 is 0. The Morgan fingerprint density at radius 1 is 0.542 bits per heavy atom. The molecule has 0 aliphatic heterocycles. The van der Waals surface area contributed by atoms with Crippen molar-refractivity contribution in [3.05, 3.63) is 60.7 Å². The third-order valence-electron chi connectivity index (χ3n) is 3.15. The second-order valence-corrected chi connectivity index (χ2v) is 7.21. The molecule has 3 aromatic carbocycles. The summed E-state index contributed by atoms with van der Waals surface area (Å²) >= 11 is 2.65. The molecule has 0 aromatic heterocycles. The van der Waals surface area contributed by atoms with Crippen LogP contribution in [0.3, 0.4) is 0 Å². The smallest absolute Gasteiger partial charge is 0.129 e. The summed E-state index contributed by atoms with van der Waals surface area (Å²) in [5, 5.41) is 38.8. The van der Waals surface area contributed by atoms with E-state index in [4.69, 9.17) is 0 Å². The Bertz CT molecular complexity index is 812. The maximum absolute atomic E-state index is 9.87. The molecular formula is C18H14O4S2. The SMILES string of the molecule is Oc1ccc(O)c(Sc2cccc(Sc3cc(O)ccc3O)c2)c1. The average molecular weight is 358 g/mol. The summed E-state index contributed by atoms with van der Waals surface area (Å²) in [5.74, 6) is 0.374. The zero-order chi connectivity index (χ0) is 17.1. The van der Waals surface area contributed by atoms with Crippen molar-refractivity contribution in [2.75, 3.05) is 0 Å². The third-order valence-corrected chi connectivity index (χ3v) is 5.22. The van der Waals surface area contributed by atoms with Gasteiger partial charge in [0.15, 0.2) is 0 Å². The minimum absolute atomic E-state index is 0.0884. The highest BCUT2D eigenvalue weighted by molar-refractivity contribution is 8.00. The summed E-state index contributed by atoms with van der Waals surface area (Å²) in [6, 6.07) is 16.3. The van der Waals surface area contributed by atoms with E-state index in [1.807, 2.05) is 24.3 Å². The van der Waals surface area contributed by atoms with Gasteiger partial charge in [0.1, 0.15) is 23.0 Å². The predicted octanol–water partition coefficient (Wildman–Crippen LogP) is 4.81. The monoisotopic (exact) mass is 358 g/mol. The van der Waals surface area contributed by atoms with Crippen LogP contribution >= 0.6 is 23.5 Å². The molecule has 0 unspecified atom stereocenters. The van der Waals surface area contributed by atoms with E-state index in [-0.39, 0.29) is 23.0 Å². The van der Waals surface area contributed by atoms with Crippen LogP contribution in [0.2, 0.25) is 0 Å². The van der Waals surface area contributed by atoms with Crippen LogP contribution in [0, 0.1) is 0 Å². The molecule has 3 aromatic rings. The van der Waals surface area contributed by atoms with Gasteiger partial charge in [-0.3, -0.25) is 0 Å². The first-order valence-corrected chi connectivity index (χ1v) is 8.64. The van der Waals surface area contributed by atoms with Gasteiger partial charge >= 0.3 is 0 Å². The highest BCUT2D eigenvalue weighted by Gasteiger charge is 2.08. The Kier molecular flexibility index (Phi) is 4.78. The second kappa shape index (κ2) is 6.98. The first-order valence-electron chi connectivity index (χ1n) is 7.01. The summed E-state index contributed by atoms with van der Waals surface area (Å²) in [4.78, 5) is 2.86. The first kappa shape index (κ1) is 16.4. The topological polar surface area (TPSA) is 80.9 Å². The van der Waals surface area contributed by atoms with E-state index in [1.165, 1.54) is 59.9 Å². The molecule has 0 spiro atoms. The molecule has 6 heteroatoms. The Hall–Kier alpha value is -2.44. The van der Waals surface area contributed by atoms with E-state index in [0.29, 0.717) is 9.79 Å².